The van der Waals surface area contributed by atoms with Gasteiger partial charge in [0, 0.05) is 71.0 Å². The molecule has 77 heavy (non-hydrogen) atoms. The summed E-state index contributed by atoms with van der Waals surface area (Å²) < 4.78 is 101. The summed E-state index contributed by atoms with van der Waals surface area (Å²) in [5, 5.41) is 23.2. The van der Waals surface area contributed by atoms with Crippen molar-refractivity contribution in [2.45, 2.75) is 141 Å². The van der Waals surface area contributed by atoms with Crippen LogP contribution < -0.4 is 5.59 Å². The Morgan fingerprint density at radius 3 is 1.78 bits per heavy atom. The van der Waals surface area contributed by atoms with Crippen molar-refractivity contribution in [3.05, 3.63) is 102 Å². The fourth-order valence-electron chi connectivity index (χ4n) is 10.5. The molecule has 412 valence electrons. The standard InChI is InChI=1S/C27H33F3N4O2Si.C15H17BF3NO2.C13H16ClN3O/c1-26(2,3)37(4,5)36-23-13-19(10-17(23)14-35)34-9-8-20-24(31-15-32-25(20)34)22-11-16-6-7-18(27(28,29)30)12-21(16)33-22;1-13(2)14(3,4)22-16(21-13)12-7-9-5-6-10(15(17,18)19)8-11(9)20-12;1-8-4-10(5-9(8)6-18)17-3-2-11-12(14)15-7-16-13(11)17/h6-9,11-12,15,17,19,23,33,35H,10,13-14H2,1-5H3;5-8,20H,1-4H3;2-3,7-10,18H,4-6H2,1H3/t17-,19+,23-;;8-,9-,10-/m0.0/s1. The van der Waals surface area contributed by atoms with E-state index >= 15 is 0 Å². The minimum absolute atomic E-state index is 0.0221. The monoisotopic (exact) mass is 1110 g/mol. The number of halogens is 7. The maximum absolute atomic E-state index is 13.2. The van der Waals surface area contributed by atoms with Gasteiger partial charge in [0.2, 0.25) is 0 Å². The Balaban J connectivity index is 0.000000153. The van der Waals surface area contributed by atoms with Crippen molar-refractivity contribution in [2.24, 2.45) is 17.8 Å². The molecule has 7 heterocycles. The quantitative estimate of drug-likeness (QED) is 0.0659. The van der Waals surface area contributed by atoms with Gasteiger partial charge in [-0.25, -0.2) is 19.9 Å². The first kappa shape index (κ1) is 56.4. The number of fused-ring (bicyclic) bond motifs is 4. The second-order valence-electron chi connectivity index (χ2n) is 23.4. The van der Waals surface area contributed by atoms with Crippen LogP contribution in [0.15, 0.2) is 85.7 Å². The summed E-state index contributed by atoms with van der Waals surface area (Å²) in [6, 6.07) is 15.3. The average Bonchev–Trinajstić information content (AvgIpc) is 4.25. The molecule has 0 bridgehead atoms. The molecule has 3 aliphatic rings. The van der Waals surface area contributed by atoms with Gasteiger partial charge in [0.15, 0.2) is 8.32 Å². The molecule has 4 N–H and O–H groups in total. The maximum atomic E-state index is 13.2. The van der Waals surface area contributed by atoms with Crippen molar-refractivity contribution >= 4 is 76.5 Å². The third kappa shape index (κ3) is 11.3. The fraction of sp³-hybridized carbons (Fsp3) is 0.491. The number of nitrogens with one attached hydrogen (secondary N) is 2. The predicted octanol–water partition coefficient (Wildman–Crippen LogP) is 13.1. The minimum Gasteiger partial charge on any atom is -0.413 e. The molecule has 0 unspecified atom stereocenters. The lowest BCUT2D eigenvalue weighted by Gasteiger charge is -2.39. The Labute approximate surface area is 449 Å². The van der Waals surface area contributed by atoms with Crippen LogP contribution in [0.25, 0.3) is 55.3 Å². The van der Waals surface area contributed by atoms with E-state index in [2.05, 4.69) is 79.8 Å². The Hall–Kier alpha value is -5.29. The van der Waals surface area contributed by atoms with E-state index in [-0.39, 0.29) is 36.3 Å². The summed E-state index contributed by atoms with van der Waals surface area (Å²) in [6.45, 7) is 21.4. The Bertz CT molecular complexity index is 3390. The molecule has 1 aliphatic heterocycles. The summed E-state index contributed by atoms with van der Waals surface area (Å²) in [7, 11) is -2.62. The molecule has 6 atom stereocenters. The summed E-state index contributed by atoms with van der Waals surface area (Å²) in [6.07, 6.45) is 1.88. The molecule has 8 aromatic rings. The third-order valence-electron chi connectivity index (χ3n) is 16.8. The first-order valence-electron chi connectivity index (χ1n) is 25.9. The van der Waals surface area contributed by atoms with Crippen LogP contribution in [0.5, 0.6) is 0 Å². The fourth-order valence-corrected chi connectivity index (χ4v) is 12.1. The van der Waals surface area contributed by atoms with Gasteiger partial charge < -0.3 is 43.0 Å². The number of H-pyrrole nitrogens is 2. The third-order valence-corrected chi connectivity index (χ3v) is 21.6. The van der Waals surface area contributed by atoms with Crippen LogP contribution in [0, 0.1) is 17.8 Å². The van der Waals surface area contributed by atoms with Gasteiger partial charge in [-0.15, -0.1) is 0 Å². The van der Waals surface area contributed by atoms with Crippen LogP contribution in [0.3, 0.4) is 0 Å². The molecule has 0 spiro atoms. The van der Waals surface area contributed by atoms with Crippen molar-refractivity contribution in [3.8, 4) is 11.4 Å². The zero-order valence-corrected chi connectivity index (χ0v) is 46.6. The average molecular weight is 1110 g/mol. The number of hydrogen-bond acceptors (Lipinski definition) is 9. The molecule has 2 saturated carbocycles. The molecule has 3 fully saturated rings. The van der Waals surface area contributed by atoms with E-state index < -0.39 is 50.1 Å². The SMILES string of the molecule is CC(C)(C)[Si](C)(C)O[C@H]1C[C@H](n2ccc3c(-c4cc5ccc(C(F)(F)F)cc5[nH]4)ncnc32)C[C@H]1CO.CC1(C)OB(c2cc3ccc(C(F)(F)F)cc3[nH]2)OC1(C)C.C[C@H]1C[C@H](n2ccc3c(Cl)ncnc32)C[C@H]1CO. The first-order chi connectivity index (χ1) is 36.0. The molecule has 11 rings (SSSR count). The number of rotatable bonds is 8. The normalized spacial score (nSPS) is 22.8. The minimum atomic E-state index is -4.40. The van der Waals surface area contributed by atoms with Crippen molar-refractivity contribution in [3.63, 3.8) is 0 Å². The second kappa shape index (κ2) is 20.7. The van der Waals surface area contributed by atoms with Crippen molar-refractivity contribution in [2.75, 3.05) is 13.2 Å². The lowest BCUT2D eigenvalue weighted by molar-refractivity contribution is -0.138. The first-order valence-corrected chi connectivity index (χ1v) is 29.2. The van der Waals surface area contributed by atoms with Gasteiger partial charge in [-0.2, -0.15) is 26.3 Å². The van der Waals surface area contributed by atoms with E-state index in [1.165, 1.54) is 24.8 Å². The Kier molecular flexibility index (Phi) is 15.2. The van der Waals surface area contributed by atoms with Gasteiger partial charge >= 0.3 is 19.5 Å². The van der Waals surface area contributed by atoms with Crippen LogP contribution in [0.1, 0.15) is 104 Å². The highest BCUT2D eigenvalue weighted by Crippen LogP contribution is 2.46. The van der Waals surface area contributed by atoms with Crippen LogP contribution in [-0.4, -0.2) is 95.2 Å². The smallest absolute Gasteiger partial charge is 0.413 e. The molecule has 13 nitrogen and oxygen atoms in total. The van der Waals surface area contributed by atoms with Crippen LogP contribution in [0.2, 0.25) is 23.3 Å². The molecule has 2 aliphatic carbocycles. The topological polar surface area (TPSA) is 161 Å². The largest absolute Gasteiger partial charge is 0.512 e. The highest BCUT2D eigenvalue weighted by molar-refractivity contribution is 6.74. The zero-order valence-electron chi connectivity index (χ0n) is 44.8. The Morgan fingerprint density at radius 1 is 0.701 bits per heavy atom. The summed E-state index contributed by atoms with van der Waals surface area (Å²) >= 11 is 6.06. The van der Waals surface area contributed by atoms with Crippen LogP contribution >= 0.6 is 11.6 Å². The number of benzene rings is 2. The number of aliphatic hydroxyl groups excluding tert-OH is 2. The number of aromatic nitrogens is 8. The highest BCUT2D eigenvalue weighted by Gasteiger charge is 2.52. The van der Waals surface area contributed by atoms with Crippen molar-refractivity contribution < 1.29 is 50.3 Å². The van der Waals surface area contributed by atoms with Gasteiger partial charge in [-0.05, 0) is 137 Å². The van der Waals surface area contributed by atoms with Crippen molar-refractivity contribution in [1.82, 2.24) is 39.0 Å². The molecule has 2 aromatic carbocycles. The molecule has 1 saturated heterocycles. The van der Waals surface area contributed by atoms with Crippen molar-refractivity contribution in [1.29, 1.82) is 0 Å². The van der Waals surface area contributed by atoms with Gasteiger partial charge in [-0.3, -0.25) is 0 Å². The molecule has 0 amide bonds. The lowest BCUT2D eigenvalue weighted by atomic mass is 9.85. The number of aromatic amines is 2. The predicted molar refractivity (Wildman–Crippen MR) is 290 cm³/mol. The lowest BCUT2D eigenvalue weighted by Crippen LogP contribution is -2.45. The number of hydrogen-bond donors (Lipinski definition) is 4. The van der Waals surface area contributed by atoms with E-state index in [4.69, 9.17) is 25.3 Å². The van der Waals surface area contributed by atoms with Crippen LogP contribution in [-0.2, 0) is 26.1 Å². The second-order valence-corrected chi connectivity index (χ2v) is 28.5. The van der Waals surface area contributed by atoms with E-state index in [1.54, 1.807) is 6.07 Å². The van der Waals surface area contributed by atoms with Gasteiger partial charge in [0.05, 0.1) is 45.2 Å². The maximum Gasteiger partial charge on any atom is 0.512 e. The van der Waals surface area contributed by atoms with Gasteiger partial charge in [-0.1, -0.05) is 51.4 Å². The number of alkyl halides is 6. The van der Waals surface area contributed by atoms with Gasteiger partial charge in [0.1, 0.15) is 29.1 Å². The van der Waals surface area contributed by atoms with E-state index in [9.17, 15) is 36.6 Å². The van der Waals surface area contributed by atoms with E-state index in [0.29, 0.717) is 61.8 Å². The number of aliphatic hydroxyl groups is 2. The number of nitrogens with zero attached hydrogens (tertiary/aromatic N) is 6. The highest BCUT2D eigenvalue weighted by atomic mass is 35.5. The molecular weight excluding hydrogens is 1040 g/mol. The summed E-state index contributed by atoms with van der Waals surface area (Å²) in [5.74, 6) is 0.994. The van der Waals surface area contributed by atoms with Gasteiger partial charge in [0.25, 0.3) is 0 Å². The van der Waals surface area contributed by atoms with E-state index in [1.807, 2.05) is 58.3 Å². The Morgan fingerprint density at radius 2 is 1.22 bits per heavy atom. The molecule has 6 aromatic heterocycles. The molecule has 0 radical (unpaired) electrons. The van der Waals surface area contributed by atoms with E-state index in [0.717, 1.165) is 72.0 Å². The molecular formula is C55H66BClF6N8O5Si. The van der Waals surface area contributed by atoms with Crippen LogP contribution in [0.4, 0.5) is 26.3 Å². The summed E-state index contributed by atoms with van der Waals surface area (Å²) in [4.78, 5) is 23.4. The summed E-state index contributed by atoms with van der Waals surface area (Å²) in [5.41, 5.74) is 2.01. The zero-order chi connectivity index (χ0) is 55.8. The molecule has 22 heteroatoms.